The normalized spacial score (nSPS) is 16.0. The molecule has 1 atom stereocenters. The number of aromatic nitrogens is 2. The smallest absolute Gasteiger partial charge is 0.240 e. The van der Waals surface area contributed by atoms with E-state index in [1.807, 2.05) is 41.3 Å². The van der Waals surface area contributed by atoms with Crippen molar-refractivity contribution >= 4 is 44.9 Å². The summed E-state index contributed by atoms with van der Waals surface area (Å²) >= 11 is 7.62. The standard InChI is InChI=1S/C22H17ClN4OS/c23-16-7-5-13(6-8-16)17-11-29-22-19(17)21(25-12-26-22)27-10-15-4-2-1-3-14(15)9-18(27)20(24)28/h1-8,11-12,18H,9-10H2,(H2,24,28)/t18-/m0/s1. The van der Waals surface area contributed by atoms with E-state index in [0.717, 1.165) is 32.7 Å². The lowest BCUT2D eigenvalue weighted by molar-refractivity contribution is -0.119. The second-order valence-electron chi connectivity index (χ2n) is 7.05. The van der Waals surface area contributed by atoms with Gasteiger partial charge in [0.2, 0.25) is 5.91 Å². The molecule has 0 aliphatic carbocycles. The van der Waals surface area contributed by atoms with E-state index in [1.165, 1.54) is 5.56 Å². The van der Waals surface area contributed by atoms with Crippen LogP contribution in [0.2, 0.25) is 5.02 Å². The number of amides is 1. The first-order valence-corrected chi connectivity index (χ1v) is 10.5. The minimum Gasteiger partial charge on any atom is -0.368 e. The van der Waals surface area contributed by atoms with Crippen LogP contribution in [0.1, 0.15) is 11.1 Å². The molecule has 7 heteroatoms. The summed E-state index contributed by atoms with van der Waals surface area (Å²) in [7, 11) is 0. The summed E-state index contributed by atoms with van der Waals surface area (Å²) in [6.45, 7) is 0.575. The van der Waals surface area contributed by atoms with Crippen molar-refractivity contribution in [1.82, 2.24) is 9.97 Å². The number of rotatable bonds is 3. The van der Waals surface area contributed by atoms with Crippen molar-refractivity contribution in [2.45, 2.75) is 19.0 Å². The van der Waals surface area contributed by atoms with E-state index in [0.29, 0.717) is 18.0 Å². The van der Waals surface area contributed by atoms with E-state index in [9.17, 15) is 4.79 Å². The lowest BCUT2D eigenvalue weighted by Gasteiger charge is -2.36. The van der Waals surface area contributed by atoms with E-state index in [4.69, 9.17) is 17.3 Å². The Balaban J connectivity index is 1.69. The van der Waals surface area contributed by atoms with E-state index in [-0.39, 0.29) is 5.91 Å². The Morgan fingerprint density at radius 1 is 1.10 bits per heavy atom. The maximum Gasteiger partial charge on any atom is 0.240 e. The first kappa shape index (κ1) is 18.1. The molecule has 0 saturated heterocycles. The van der Waals surface area contributed by atoms with Gasteiger partial charge in [-0.15, -0.1) is 11.3 Å². The van der Waals surface area contributed by atoms with Crippen LogP contribution in [-0.2, 0) is 17.8 Å². The van der Waals surface area contributed by atoms with Crippen LogP contribution >= 0.6 is 22.9 Å². The number of hydrogen-bond donors (Lipinski definition) is 1. The van der Waals surface area contributed by atoms with E-state index in [1.54, 1.807) is 17.7 Å². The van der Waals surface area contributed by atoms with Gasteiger partial charge in [-0.05, 0) is 28.8 Å². The van der Waals surface area contributed by atoms with Gasteiger partial charge in [-0.2, -0.15) is 0 Å². The SMILES string of the molecule is NC(=O)[C@@H]1Cc2ccccc2CN1c1ncnc2scc(-c3ccc(Cl)cc3)c12. The van der Waals surface area contributed by atoms with Gasteiger partial charge in [0.05, 0.1) is 5.39 Å². The number of halogens is 1. The molecule has 0 spiro atoms. The molecule has 2 aromatic carbocycles. The number of carbonyl (C=O) groups is 1. The van der Waals surface area contributed by atoms with Gasteiger partial charge in [-0.3, -0.25) is 4.79 Å². The van der Waals surface area contributed by atoms with Crippen LogP contribution in [0.15, 0.2) is 60.2 Å². The molecule has 0 saturated carbocycles. The molecule has 1 aliphatic heterocycles. The van der Waals surface area contributed by atoms with Crippen LogP contribution in [-0.4, -0.2) is 21.9 Å². The summed E-state index contributed by atoms with van der Waals surface area (Å²) in [5.41, 5.74) is 10.2. The molecule has 0 bridgehead atoms. The van der Waals surface area contributed by atoms with Crippen LogP contribution < -0.4 is 10.6 Å². The van der Waals surface area contributed by atoms with Gasteiger partial charge in [0.25, 0.3) is 0 Å². The number of nitrogens with two attached hydrogens (primary N) is 1. The summed E-state index contributed by atoms with van der Waals surface area (Å²) in [6, 6.07) is 15.4. The number of anilines is 1. The van der Waals surface area contributed by atoms with Crippen molar-refractivity contribution < 1.29 is 4.79 Å². The van der Waals surface area contributed by atoms with Crippen molar-refractivity contribution in [1.29, 1.82) is 0 Å². The van der Waals surface area contributed by atoms with Crippen LogP contribution in [0, 0.1) is 0 Å². The average Bonchev–Trinajstić information content (AvgIpc) is 3.17. The number of hydrogen-bond acceptors (Lipinski definition) is 5. The second kappa shape index (κ2) is 7.13. The third kappa shape index (κ3) is 3.14. The highest BCUT2D eigenvalue weighted by atomic mass is 35.5. The molecule has 1 aliphatic rings. The zero-order chi connectivity index (χ0) is 20.0. The number of nitrogens with zero attached hydrogens (tertiary/aromatic N) is 3. The number of thiophene rings is 1. The van der Waals surface area contributed by atoms with E-state index >= 15 is 0 Å². The Kier molecular flexibility index (Phi) is 4.45. The first-order chi connectivity index (χ1) is 14.1. The topological polar surface area (TPSA) is 72.1 Å². The van der Waals surface area contributed by atoms with Crippen molar-refractivity contribution in [2.24, 2.45) is 5.73 Å². The lowest BCUT2D eigenvalue weighted by atomic mass is 9.93. The molecule has 2 aromatic heterocycles. The Morgan fingerprint density at radius 3 is 2.62 bits per heavy atom. The molecule has 2 N–H and O–H groups in total. The first-order valence-electron chi connectivity index (χ1n) is 9.22. The summed E-state index contributed by atoms with van der Waals surface area (Å²) < 4.78 is 0. The molecule has 144 valence electrons. The van der Waals surface area contributed by atoms with Crippen LogP contribution in [0.4, 0.5) is 5.82 Å². The average molecular weight is 421 g/mol. The van der Waals surface area contributed by atoms with Crippen molar-refractivity contribution in [2.75, 3.05) is 4.90 Å². The third-order valence-corrected chi connectivity index (χ3v) is 6.49. The Bertz CT molecular complexity index is 1220. The molecule has 5 rings (SSSR count). The fraction of sp³-hybridized carbons (Fsp3) is 0.136. The minimum absolute atomic E-state index is 0.352. The molecule has 0 fully saturated rings. The predicted molar refractivity (Wildman–Crippen MR) is 117 cm³/mol. The van der Waals surface area contributed by atoms with Gasteiger partial charge in [-0.1, -0.05) is 48.0 Å². The third-order valence-electron chi connectivity index (χ3n) is 5.35. The monoisotopic (exact) mass is 420 g/mol. The van der Waals surface area contributed by atoms with Crippen molar-refractivity contribution in [3.63, 3.8) is 0 Å². The van der Waals surface area contributed by atoms with Gasteiger partial charge >= 0.3 is 0 Å². The highest BCUT2D eigenvalue weighted by Crippen LogP contribution is 2.40. The number of primary amides is 1. The molecule has 29 heavy (non-hydrogen) atoms. The van der Waals surface area contributed by atoms with Gasteiger partial charge in [-0.25, -0.2) is 9.97 Å². The molecular formula is C22H17ClN4OS. The van der Waals surface area contributed by atoms with Crippen LogP contribution in [0.3, 0.4) is 0 Å². The molecule has 1 amide bonds. The minimum atomic E-state index is -0.457. The van der Waals surface area contributed by atoms with Crippen LogP contribution in [0.25, 0.3) is 21.3 Å². The molecule has 5 nitrogen and oxygen atoms in total. The number of carbonyl (C=O) groups excluding carboxylic acids is 1. The zero-order valence-electron chi connectivity index (χ0n) is 15.4. The lowest BCUT2D eigenvalue weighted by Crippen LogP contribution is -2.49. The zero-order valence-corrected chi connectivity index (χ0v) is 17.0. The fourth-order valence-corrected chi connectivity index (χ4v) is 4.96. The molecule has 0 radical (unpaired) electrons. The Morgan fingerprint density at radius 2 is 1.86 bits per heavy atom. The Hall–Kier alpha value is -2.96. The van der Waals surface area contributed by atoms with E-state index in [2.05, 4.69) is 27.5 Å². The van der Waals surface area contributed by atoms with Gasteiger partial charge < -0.3 is 10.6 Å². The van der Waals surface area contributed by atoms with Gasteiger partial charge in [0.15, 0.2) is 0 Å². The highest BCUT2D eigenvalue weighted by Gasteiger charge is 2.32. The van der Waals surface area contributed by atoms with Crippen LogP contribution in [0.5, 0.6) is 0 Å². The second-order valence-corrected chi connectivity index (χ2v) is 8.35. The Labute approximate surface area is 176 Å². The van der Waals surface area contributed by atoms with E-state index < -0.39 is 6.04 Å². The largest absolute Gasteiger partial charge is 0.368 e. The summed E-state index contributed by atoms with van der Waals surface area (Å²) in [5.74, 6) is 0.383. The predicted octanol–water partition coefficient (Wildman–Crippen LogP) is 4.43. The quantitative estimate of drug-likeness (QED) is 0.532. The summed E-state index contributed by atoms with van der Waals surface area (Å²) in [6.07, 6.45) is 2.12. The molecule has 4 aromatic rings. The highest BCUT2D eigenvalue weighted by molar-refractivity contribution is 7.17. The molecule has 0 unspecified atom stereocenters. The summed E-state index contributed by atoms with van der Waals surface area (Å²) in [4.78, 5) is 24.3. The number of benzene rings is 2. The van der Waals surface area contributed by atoms with Gasteiger partial charge in [0.1, 0.15) is 23.0 Å². The van der Waals surface area contributed by atoms with Gasteiger partial charge in [0, 0.05) is 28.9 Å². The maximum absolute atomic E-state index is 12.3. The van der Waals surface area contributed by atoms with Crippen molar-refractivity contribution in [3.05, 3.63) is 76.4 Å². The molecule has 3 heterocycles. The summed E-state index contributed by atoms with van der Waals surface area (Å²) in [5, 5.41) is 3.69. The number of fused-ring (bicyclic) bond motifs is 2. The maximum atomic E-state index is 12.3. The fourth-order valence-electron chi connectivity index (χ4n) is 3.92. The van der Waals surface area contributed by atoms with Crippen molar-refractivity contribution in [3.8, 4) is 11.1 Å². The molecular weight excluding hydrogens is 404 g/mol.